The van der Waals surface area contributed by atoms with E-state index in [0.29, 0.717) is 26.1 Å². The van der Waals surface area contributed by atoms with Crippen molar-refractivity contribution in [1.29, 1.82) is 0 Å². The standard InChI is InChI=1S/C18H28N4O2/c1-3-10-19-11-12-20-17(23)9-14-22-16-8-6-5-7-15(16)21(13-4-2)18(22)24/h5-8,19H,3-4,9-14H2,1-2H3,(H,20,23). The lowest BCUT2D eigenvalue weighted by molar-refractivity contribution is -0.121. The van der Waals surface area contributed by atoms with Crippen molar-refractivity contribution in [3.8, 4) is 0 Å². The summed E-state index contributed by atoms with van der Waals surface area (Å²) in [5.41, 5.74) is 1.80. The Labute approximate surface area is 142 Å². The quantitative estimate of drug-likeness (QED) is 0.651. The minimum Gasteiger partial charge on any atom is -0.355 e. The van der Waals surface area contributed by atoms with Crippen molar-refractivity contribution in [2.75, 3.05) is 19.6 Å². The smallest absolute Gasteiger partial charge is 0.329 e. The molecule has 1 amide bonds. The van der Waals surface area contributed by atoms with Crippen molar-refractivity contribution in [3.05, 3.63) is 34.7 Å². The number of imidazole rings is 1. The lowest BCUT2D eigenvalue weighted by Crippen LogP contribution is -2.33. The predicted molar refractivity (Wildman–Crippen MR) is 97.3 cm³/mol. The summed E-state index contributed by atoms with van der Waals surface area (Å²) in [6, 6.07) is 7.76. The zero-order valence-corrected chi connectivity index (χ0v) is 14.7. The number of carbonyl (C=O) groups is 1. The fourth-order valence-corrected chi connectivity index (χ4v) is 2.82. The molecule has 0 aliphatic carbocycles. The summed E-state index contributed by atoms with van der Waals surface area (Å²) in [4.78, 5) is 24.6. The van der Waals surface area contributed by atoms with Gasteiger partial charge in [0.1, 0.15) is 0 Å². The van der Waals surface area contributed by atoms with Gasteiger partial charge in [0.15, 0.2) is 0 Å². The van der Waals surface area contributed by atoms with E-state index in [1.165, 1.54) is 0 Å². The van der Waals surface area contributed by atoms with Gasteiger partial charge < -0.3 is 10.6 Å². The number of hydrogen-bond acceptors (Lipinski definition) is 3. The predicted octanol–water partition coefficient (Wildman–Crippen LogP) is 1.72. The van der Waals surface area contributed by atoms with E-state index in [-0.39, 0.29) is 11.6 Å². The van der Waals surface area contributed by atoms with E-state index in [0.717, 1.165) is 37.0 Å². The van der Waals surface area contributed by atoms with Gasteiger partial charge in [0, 0.05) is 32.6 Å². The highest BCUT2D eigenvalue weighted by molar-refractivity contribution is 5.78. The van der Waals surface area contributed by atoms with Gasteiger partial charge in [0.25, 0.3) is 0 Å². The molecule has 6 heteroatoms. The molecule has 24 heavy (non-hydrogen) atoms. The summed E-state index contributed by atoms with van der Waals surface area (Å²) in [6.45, 7) is 7.62. The zero-order valence-electron chi connectivity index (χ0n) is 14.7. The second kappa shape index (κ2) is 9.27. The molecule has 1 heterocycles. The molecule has 0 atom stereocenters. The van der Waals surface area contributed by atoms with Gasteiger partial charge in [-0.2, -0.15) is 0 Å². The van der Waals surface area contributed by atoms with E-state index >= 15 is 0 Å². The molecule has 0 aliphatic rings. The fraction of sp³-hybridized carbons (Fsp3) is 0.556. The van der Waals surface area contributed by atoms with Crippen molar-refractivity contribution >= 4 is 16.9 Å². The number of carbonyl (C=O) groups excluding carboxylic acids is 1. The first-order valence-electron chi connectivity index (χ1n) is 8.84. The molecule has 0 fully saturated rings. The average Bonchev–Trinajstić information content (AvgIpc) is 2.85. The van der Waals surface area contributed by atoms with Gasteiger partial charge in [0.05, 0.1) is 11.0 Å². The SMILES string of the molecule is CCCNCCNC(=O)CCn1c(=O)n(CCC)c2ccccc21. The van der Waals surface area contributed by atoms with Crippen molar-refractivity contribution < 1.29 is 4.79 Å². The first kappa shape index (κ1) is 18.3. The highest BCUT2D eigenvalue weighted by atomic mass is 16.2. The fourth-order valence-electron chi connectivity index (χ4n) is 2.82. The van der Waals surface area contributed by atoms with Crippen LogP contribution >= 0.6 is 0 Å². The third-order valence-corrected chi connectivity index (χ3v) is 3.99. The number of benzene rings is 1. The number of nitrogens with zero attached hydrogens (tertiary/aromatic N) is 2. The van der Waals surface area contributed by atoms with E-state index < -0.39 is 0 Å². The third-order valence-electron chi connectivity index (χ3n) is 3.99. The average molecular weight is 332 g/mol. The van der Waals surface area contributed by atoms with Crippen LogP contribution in [0, 0.1) is 0 Å². The second-order valence-electron chi connectivity index (χ2n) is 5.92. The van der Waals surface area contributed by atoms with Gasteiger partial charge in [0.2, 0.25) is 5.91 Å². The lowest BCUT2D eigenvalue weighted by atomic mass is 10.3. The number of nitrogens with one attached hydrogen (secondary N) is 2. The molecule has 0 aliphatic heterocycles. The van der Waals surface area contributed by atoms with Crippen molar-refractivity contribution in [1.82, 2.24) is 19.8 Å². The van der Waals surface area contributed by atoms with Crippen LogP contribution in [0.1, 0.15) is 33.1 Å². The second-order valence-corrected chi connectivity index (χ2v) is 5.92. The molecule has 0 saturated heterocycles. The molecule has 2 aromatic rings. The van der Waals surface area contributed by atoms with E-state index in [2.05, 4.69) is 24.5 Å². The van der Waals surface area contributed by atoms with Crippen molar-refractivity contribution in [3.63, 3.8) is 0 Å². The lowest BCUT2D eigenvalue weighted by Gasteiger charge is -2.07. The van der Waals surface area contributed by atoms with Gasteiger partial charge in [-0.1, -0.05) is 26.0 Å². The Morgan fingerprint density at radius 1 is 0.958 bits per heavy atom. The van der Waals surface area contributed by atoms with Gasteiger partial charge in [-0.15, -0.1) is 0 Å². The minimum atomic E-state index is -0.0320. The Bertz CT molecular complexity index is 717. The molecular weight excluding hydrogens is 304 g/mol. The number of aryl methyl sites for hydroxylation is 2. The molecule has 2 N–H and O–H groups in total. The third kappa shape index (κ3) is 4.47. The van der Waals surface area contributed by atoms with Gasteiger partial charge in [-0.3, -0.25) is 13.9 Å². The summed E-state index contributed by atoms with van der Waals surface area (Å²) in [6.07, 6.45) is 2.30. The number of amides is 1. The van der Waals surface area contributed by atoms with Gasteiger partial charge >= 0.3 is 5.69 Å². The van der Waals surface area contributed by atoms with Crippen LogP contribution in [-0.2, 0) is 17.9 Å². The normalized spacial score (nSPS) is 11.1. The molecule has 6 nitrogen and oxygen atoms in total. The molecule has 0 unspecified atom stereocenters. The molecule has 1 aromatic carbocycles. The maximum atomic E-state index is 12.6. The molecule has 2 rings (SSSR count). The summed E-state index contributed by atoms with van der Waals surface area (Å²) >= 11 is 0. The largest absolute Gasteiger partial charge is 0.355 e. The maximum absolute atomic E-state index is 12.6. The Hall–Kier alpha value is -2.08. The molecular formula is C18H28N4O2. The summed E-state index contributed by atoms with van der Waals surface area (Å²) < 4.78 is 3.50. The zero-order chi connectivity index (χ0) is 17.4. The van der Waals surface area contributed by atoms with Crippen LogP contribution in [0.25, 0.3) is 11.0 Å². The van der Waals surface area contributed by atoms with E-state index in [9.17, 15) is 9.59 Å². The van der Waals surface area contributed by atoms with Crippen molar-refractivity contribution in [2.45, 2.75) is 46.2 Å². The highest BCUT2D eigenvalue weighted by Crippen LogP contribution is 2.13. The number of aromatic nitrogens is 2. The number of rotatable bonds is 10. The van der Waals surface area contributed by atoms with Crippen LogP contribution in [0.3, 0.4) is 0 Å². The summed E-state index contributed by atoms with van der Waals surface area (Å²) in [7, 11) is 0. The summed E-state index contributed by atoms with van der Waals surface area (Å²) in [5, 5.41) is 6.13. The van der Waals surface area contributed by atoms with Crippen molar-refractivity contribution in [2.24, 2.45) is 0 Å². The van der Waals surface area contributed by atoms with Crippen LogP contribution in [0.5, 0.6) is 0 Å². The Kier molecular flexibility index (Phi) is 7.06. The van der Waals surface area contributed by atoms with Crippen LogP contribution < -0.4 is 16.3 Å². The monoisotopic (exact) mass is 332 g/mol. The molecule has 1 aromatic heterocycles. The van der Waals surface area contributed by atoms with Crippen LogP contribution in [0.2, 0.25) is 0 Å². The minimum absolute atomic E-state index is 0.0208. The Morgan fingerprint density at radius 2 is 1.62 bits per heavy atom. The number of fused-ring (bicyclic) bond motifs is 1. The van der Waals surface area contributed by atoms with Crippen LogP contribution in [0.4, 0.5) is 0 Å². The topological polar surface area (TPSA) is 68.1 Å². The van der Waals surface area contributed by atoms with Gasteiger partial charge in [-0.25, -0.2) is 4.79 Å². The highest BCUT2D eigenvalue weighted by Gasteiger charge is 2.13. The summed E-state index contributed by atoms with van der Waals surface area (Å²) in [5.74, 6) is -0.0208. The molecule has 0 spiro atoms. The number of hydrogen-bond donors (Lipinski definition) is 2. The Morgan fingerprint density at radius 3 is 2.25 bits per heavy atom. The van der Waals surface area contributed by atoms with Gasteiger partial charge in [-0.05, 0) is 31.5 Å². The molecule has 0 bridgehead atoms. The number of para-hydroxylation sites is 2. The van der Waals surface area contributed by atoms with E-state index in [4.69, 9.17) is 0 Å². The Balaban J connectivity index is 1.99. The van der Waals surface area contributed by atoms with E-state index in [1.54, 1.807) is 9.13 Å². The maximum Gasteiger partial charge on any atom is 0.329 e. The van der Waals surface area contributed by atoms with E-state index in [1.807, 2.05) is 24.3 Å². The first-order valence-corrected chi connectivity index (χ1v) is 8.84. The molecule has 0 radical (unpaired) electrons. The van der Waals surface area contributed by atoms with Crippen LogP contribution in [0.15, 0.2) is 29.1 Å². The molecule has 0 saturated carbocycles. The van der Waals surface area contributed by atoms with Crippen LogP contribution in [-0.4, -0.2) is 34.7 Å². The first-order chi connectivity index (χ1) is 11.7. The molecule has 132 valence electrons.